The van der Waals surface area contributed by atoms with Crippen LogP contribution in [-0.4, -0.2) is 5.24 Å². The van der Waals surface area contributed by atoms with Crippen LogP contribution in [0.3, 0.4) is 0 Å². The SMILES string of the molecule is O=C(Cl)c1ccc(SI)cc1. The third-order valence-electron chi connectivity index (χ3n) is 1.17. The largest absolute Gasteiger partial charge is 0.276 e. The summed E-state index contributed by atoms with van der Waals surface area (Å²) in [6.07, 6.45) is 0. The molecule has 0 atom stereocenters. The summed E-state index contributed by atoms with van der Waals surface area (Å²) in [7, 11) is 1.60. The second-order valence-corrected chi connectivity index (χ2v) is 4.17. The molecule has 0 saturated heterocycles. The Balaban J connectivity index is 2.91. The fourth-order valence-electron chi connectivity index (χ4n) is 0.637. The van der Waals surface area contributed by atoms with Gasteiger partial charge in [-0.05, 0) is 35.9 Å². The van der Waals surface area contributed by atoms with Crippen LogP contribution in [-0.2, 0) is 0 Å². The third kappa shape index (κ3) is 2.65. The molecule has 0 saturated carbocycles. The van der Waals surface area contributed by atoms with Crippen LogP contribution in [0.15, 0.2) is 29.2 Å². The maximum atomic E-state index is 10.6. The summed E-state index contributed by atoms with van der Waals surface area (Å²) in [5.74, 6) is 0. The second kappa shape index (κ2) is 4.33. The summed E-state index contributed by atoms with van der Waals surface area (Å²) in [6.45, 7) is 0. The Kier molecular flexibility index (Phi) is 3.68. The fraction of sp³-hybridized carbons (Fsp3) is 0. The first-order valence-corrected chi connectivity index (χ1v) is 6.56. The highest BCUT2D eigenvalue weighted by Crippen LogP contribution is 2.24. The van der Waals surface area contributed by atoms with E-state index in [2.05, 4.69) is 21.2 Å². The van der Waals surface area contributed by atoms with E-state index in [9.17, 15) is 4.79 Å². The Labute approximate surface area is 86.1 Å². The van der Waals surface area contributed by atoms with Crippen LogP contribution in [0.2, 0.25) is 0 Å². The van der Waals surface area contributed by atoms with Crippen LogP contribution in [0, 0.1) is 0 Å². The summed E-state index contributed by atoms with van der Waals surface area (Å²) in [4.78, 5) is 11.7. The summed E-state index contributed by atoms with van der Waals surface area (Å²) in [5.41, 5.74) is 0.542. The lowest BCUT2D eigenvalue weighted by molar-refractivity contribution is 0.108. The van der Waals surface area contributed by atoms with Crippen LogP contribution in [0.25, 0.3) is 0 Å². The van der Waals surface area contributed by atoms with Crippen molar-refractivity contribution in [3.8, 4) is 0 Å². The van der Waals surface area contributed by atoms with Gasteiger partial charge in [-0.15, -0.1) is 0 Å². The minimum Gasteiger partial charge on any atom is -0.276 e. The summed E-state index contributed by atoms with van der Waals surface area (Å²) < 4.78 is 0. The molecule has 1 rings (SSSR count). The van der Waals surface area contributed by atoms with Crippen molar-refractivity contribution in [1.29, 1.82) is 0 Å². The first kappa shape index (κ1) is 9.35. The number of benzene rings is 1. The fourth-order valence-corrected chi connectivity index (χ4v) is 1.88. The van der Waals surface area contributed by atoms with Crippen LogP contribution in [0.4, 0.5) is 0 Å². The van der Waals surface area contributed by atoms with Crippen LogP contribution in [0.1, 0.15) is 10.4 Å². The Morgan fingerprint density at radius 2 is 1.91 bits per heavy atom. The zero-order valence-electron chi connectivity index (χ0n) is 5.38. The molecule has 0 aromatic heterocycles. The van der Waals surface area contributed by atoms with Gasteiger partial charge in [-0.25, -0.2) is 0 Å². The maximum absolute atomic E-state index is 10.6. The van der Waals surface area contributed by atoms with Gasteiger partial charge in [0, 0.05) is 31.7 Å². The normalized spacial score (nSPS) is 9.64. The molecule has 58 valence electrons. The molecule has 11 heavy (non-hydrogen) atoms. The molecule has 0 aliphatic heterocycles. The lowest BCUT2D eigenvalue weighted by atomic mass is 10.2. The van der Waals surface area contributed by atoms with Crippen LogP contribution < -0.4 is 0 Å². The number of hydrogen-bond donors (Lipinski definition) is 0. The number of carbonyl (C=O) groups is 1. The molecule has 0 aliphatic rings. The maximum Gasteiger partial charge on any atom is 0.252 e. The molecule has 0 aliphatic carbocycles. The van der Waals surface area contributed by atoms with Crippen molar-refractivity contribution in [3.63, 3.8) is 0 Å². The van der Waals surface area contributed by atoms with Crippen molar-refractivity contribution in [3.05, 3.63) is 29.8 Å². The molecule has 0 amide bonds. The molecule has 4 heteroatoms. The molecule has 0 heterocycles. The topological polar surface area (TPSA) is 17.1 Å². The molecule has 1 aromatic carbocycles. The van der Waals surface area contributed by atoms with Gasteiger partial charge < -0.3 is 0 Å². The molecule has 0 bridgehead atoms. The van der Waals surface area contributed by atoms with E-state index in [0.717, 1.165) is 4.90 Å². The van der Waals surface area contributed by atoms with Crippen molar-refractivity contribution < 1.29 is 4.79 Å². The van der Waals surface area contributed by atoms with Gasteiger partial charge in [0.05, 0.1) is 0 Å². The van der Waals surface area contributed by atoms with Crippen molar-refractivity contribution in [2.45, 2.75) is 4.90 Å². The molecular formula is C7H4ClIOS. The highest BCUT2D eigenvalue weighted by molar-refractivity contribution is 14.2. The zero-order valence-corrected chi connectivity index (χ0v) is 9.11. The van der Waals surface area contributed by atoms with Gasteiger partial charge in [-0.3, -0.25) is 4.79 Å². The molecule has 0 spiro atoms. The number of halogens is 2. The van der Waals surface area contributed by atoms with Gasteiger partial charge in [0.15, 0.2) is 0 Å². The highest BCUT2D eigenvalue weighted by atomic mass is 127. The van der Waals surface area contributed by atoms with Gasteiger partial charge >= 0.3 is 0 Å². The highest BCUT2D eigenvalue weighted by Gasteiger charge is 1.99. The van der Waals surface area contributed by atoms with E-state index in [1.165, 1.54) is 0 Å². The minimum absolute atomic E-state index is 0.407. The van der Waals surface area contributed by atoms with E-state index in [1.54, 1.807) is 21.1 Å². The predicted octanol–water partition coefficient (Wildman–Crippen LogP) is 3.51. The lowest BCUT2D eigenvalue weighted by Gasteiger charge is -1.94. The molecule has 0 N–H and O–H groups in total. The second-order valence-electron chi connectivity index (χ2n) is 1.88. The van der Waals surface area contributed by atoms with E-state index in [-0.39, 0.29) is 0 Å². The molecular weight excluding hydrogens is 294 g/mol. The molecule has 0 fully saturated rings. The van der Waals surface area contributed by atoms with Crippen molar-refractivity contribution in [2.75, 3.05) is 0 Å². The van der Waals surface area contributed by atoms with Crippen LogP contribution in [0.5, 0.6) is 0 Å². The quantitative estimate of drug-likeness (QED) is 0.614. The standard InChI is InChI=1S/C7H4ClIOS/c8-7(10)5-1-3-6(11-9)4-2-5/h1-4H. The monoisotopic (exact) mass is 298 g/mol. The average molecular weight is 299 g/mol. The van der Waals surface area contributed by atoms with Gasteiger partial charge in [0.25, 0.3) is 5.24 Å². The Bertz CT molecular complexity index is 260. The van der Waals surface area contributed by atoms with Gasteiger partial charge in [-0.2, -0.15) is 0 Å². The molecule has 1 nitrogen and oxygen atoms in total. The number of rotatable bonds is 2. The smallest absolute Gasteiger partial charge is 0.252 e. The van der Waals surface area contributed by atoms with E-state index in [4.69, 9.17) is 11.6 Å². The Morgan fingerprint density at radius 1 is 1.36 bits per heavy atom. The summed E-state index contributed by atoms with van der Waals surface area (Å²) >= 11 is 7.43. The minimum atomic E-state index is -0.407. The van der Waals surface area contributed by atoms with E-state index >= 15 is 0 Å². The third-order valence-corrected chi connectivity index (χ3v) is 3.36. The average Bonchev–Trinajstić information content (AvgIpc) is 2.05. The first-order valence-electron chi connectivity index (χ1n) is 2.82. The first-order chi connectivity index (χ1) is 5.24. The van der Waals surface area contributed by atoms with Crippen molar-refractivity contribution in [1.82, 2.24) is 0 Å². The van der Waals surface area contributed by atoms with E-state index in [0.29, 0.717) is 5.56 Å². The zero-order chi connectivity index (χ0) is 8.27. The summed E-state index contributed by atoms with van der Waals surface area (Å²) in [6, 6.07) is 7.17. The predicted molar refractivity (Wildman–Crippen MR) is 56.5 cm³/mol. The van der Waals surface area contributed by atoms with Gasteiger partial charge in [0.1, 0.15) is 0 Å². The van der Waals surface area contributed by atoms with Gasteiger partial charge in [0.2, 0.25) is 0 Å². The Morgan fingerprint density at radius 3 is 2.27 bits per heavy atom. The molecule has 0 radical (unpaired) electrons. The van der Waals surface area contributed by atoms with E-state index in [1.807, 2.05) is 12.1 Å². The van der Waals surface area contributed by atoms with Crippen LogP contribution >= 0.6 is 41.7 Å². The molecule has 0 unspecified atom stereocenters. The van der Waals surface area contributed by atoms with Gasteiger partial charge in [-0.1, -0.05) is 8.93 Å². The van der Waals surface area contributed by atoms with Crippen molar-refractivity contribution in [2.24, 2.45) is 0 Å². The van der Waals surface area contributed by atoms with Crippen molar-refractivity contribution >= 4 is 47.0 Å². The number of hydrogen-bond acceptors (Lipinski definition) is 2. The Hall–Kier alpha value is 0.260. The summed E-state index contributed by atoms with van der Waals surface area (Å²) in [5, 5.41) is -0.407. The lowest BCUT2D eigenvalue weighted by Crippen LogP contribution is -1.86. The molecule has 1 aromatic rings. The number of carbonyl (C=O) groups excluding carboxylic acids is 1. The van der Waals surface area contributed by atoms with E-state index < -0.39 is 5.24 Å².